The SMILES string of the molecule is C[C@H]1CCC[C@H]1Nc1c(C(N)=O)cnn2cc(-c3ccc(F)cc3)cc12. The number of nitrogens with one attached hydrogen (secondary N) is 1. The zero-order valence-corrected chi connectivity index (χ0v) is 14.6. The predicted molar refractivity (Wildman–Crippen MR) is 99.5 cm³/mol. The van der Waals surface area contributed by atoms with Crippen LogP contribution in [0, 0.1) is 11.7 Å². The summed E-state index contributed by atoms with van der Waals surface area (Å²) < 4.78 is 14.9. The highest BCUT2D eigenvalue weighted by molar-refractivity contribution is 6.02. The Balaban J connectivity index is 1.82. The summed E-state index contributed by atoms with van der Waals surface area (Å²) in [5, 5.41) is 7.86. The van der Waals surface area contributed by atoms with E-state index in [1.54, 1.807) is 16.6 Å². The number of benzene rings is 1. The maximum Gasteiger partial charge on any atom is 0.252 e. The minimum Gasteiger partial charge on any atom is -0.380 e. The predicted octanol–water partition coefficient (Wildman–Crippen LogP) is 3.84. The number of nitrogens with zero attached hydrogens (tertiary/aromatic N) is 2. The van der Waals surface area contributed by atoms with Crippen LogP contribution in [-0.2, 0) is 0 Å². The second-order valence-corrected chi connectivity index (χ2v) is 7.02. The molecule has 2 heterocycles. The van der Waals surface area contributed by atoms with Crippen LogP contribution in [0.25, 0.3) is 16.6 Å². The monoisotopic (exact) mass is 352 g/mol. The van der Waals surface area contributed by atoms with Crippen LogP contribution in [0.2, 0.25) is 0 Å². The van der Waals surface area contributed by atoms with Gasteiger partial charge in [0.05, 0.1) is 23.0 Å². The summed E-state index contributed by atoms with van der Waals surface area (Å²) in [7, 11) is 0. The van der Waals surface area contributed by atoms with Gasteiger partial charge >= 0.3 is 0 Å². The Morgan fingerprint density at radius 3 is 2.69 bits per heavy atom. The first-order valence-electron chi connectivity index (χ1n) is 8.86. The Morgan fingerprint density at radius 1 is 1.27 bits per heavy atom. The molecule has 0 radical (unpaired) electrons. The maximum absolute atomic E-state index is 13.2. The molecule has 3 aromatic rings. The van der Waals surface area contributed by atoms with Crippen molar-refractivity contribution >= 4 is 17.1 Å². The van der Waals surface area contributed by atoms with Crippen LogP contribution in [0.4, 0.5) is 10.1 Å². The van der Waals surface area contributed by atoms with Gasteiger partial charge in [-0.15, -0.1) is 0 Å². The molecule has 2 aromatic heterocycles. The molecule has 0 unspecified atom stereocenters. The number of halogens is 1. The Labute approximate surface area is 151 Å². The highest BCUT2D eigenvalue weighted by Crippen LogP contribution is 2.33. The lowest BCUT2D eigenvalue weighted by atomic mass is 10.0. The molecule has 3 N–H and O–H groups in total. The molecule has 0 bridgehead atoms. The van der Waals surface area contributed by atoms with Gasteiger partial charge in [0.2, 0.25) is 0 Å². The van der Waals surface area contributed by atoms with E-state index in [-0.39, 0.29) is 5.82 Å². The number of primary amides is 1. The molecular weight excluding hydrogens is 331 g/mol. The molecule has 1 fully saturated rings. The van der Waals surface area contributed by atoms with Gasteiger partial charge in [0.25, 0.3) is 5.91 Å². The number of carbonyl (C=O) groups is 1. The van der Waals surface area contributed by atoms with Crippen LogP contribution in [0.3, 0.4) is 0 Å². The van der Waals surface area contributed by atoms with Crippen molar-refractivity contribution < 1.29 is 9.18 Å². The van der Waals surface area contributed by atoms with E-state index in [0.717, 1.165) is 28.8 Å². The van der Waals surface area contributed by atoms with Crippen molar-refractivity contribution in [2.24, 2.45) is 11.7 Å². The summed E-state index contributed by atoms with van der Waals surface area (Å²) >= 11 is 0. The standard InChI is InChI=1S/C20H21FN4O/c1-12-3-2-4-17(12)24-19-16(20(22)26)10-23-25-11-14(9-18(19)25)13-5-7-15(21)8-6-13/h5-12,17,24H,2-4H2,1H3,(H2,22,26)/t12-,17+/m0/s1. The van der Waals surface area contributed by atoms with Gasteiger partial charge in [0.15, 0.2) is 0 Å². The average molecular weight is 352 g/mol. The summed E-state index contributed by atoms with van der Waals surface area (Å²) in [6.45, 7) is 2.22. The molecule has 1 saturated carbocycles. The van der Waals surface area contributed by atoms with Gasteiger partial charge in [0.1, 0.15) is 5.82 Å². The fourth-order valence-corrected chi connectivity index (χ4v) is 3.74. The summed E-state index contributed by atoms with van der Waals surface area (Å²) in [6, 6.07) is 8.58. The first-order chi connectivity index (χ1) is 12.5. The molecular formula is C20H21FN4O. The van der Waals surface area contributed by atoms with Gasteiger partial charge < -0.3 is 11.1 Å². The highest BCUT2D eigenvalue weighted by atomic mass is 19.1. The molecule has 0 aliphatic heterocycles. The molecule has 6 heteroatoms. The molecule has 1 aliphatic rings. The lowest BCUT2D eigenvalue weighted by molar-refractivity contribution is 0.100. The third kappa shape index (κ3) is 2.92. The van der Waals surface area contributed by atoms with Crippen LogP contribution >= 0.6 is 0 Å². The molecule has 2 atom stereocenters. The van der Waals surface area contributed by atoms with E-state index in [2.05, 4.69) is 17.3 Å². The van der Waals surface area contributed by atoms with Gasteiger partial charge in [-0.25, -0.2) is 8.91 Å². The topological polar surface area (TPSA) is 72.4 Å². The Hall–Kier alpha value is -2.89. The fraction of sp³-hybridized carbons (Fsp3) is 0.300. The van der Waals surface area contributed by atoms with Gasteiger partial charge in [0, 0.05) is 17.8 Å². The Kier molecular flexibility index (Phi) is 4.11. The minimum absolute atomic E-state index is 0.274. The van der Waals surface area contributed by atoms with Crippen molar-refractivity contribution in [2.75, 3.05) is 5.32 Å². The first-order valence-corrected chi connectivity index (χ1v) is 8.86. The number of carbonyl (C=O) groups excluding carboxylic acids is 1. The number of amides is 1. The second kappa shape index (κ2) is 6.44. The van der Waals surface area contributed by atoms with E-state index in [9.17, 15) is 9.18 Å². The molecule has 1 aromatic carbocycles. The molecule has 1 amide bonds. The molecule has 26 heavy (non-hydrogen) atoms. The number of nitrogens with two attached hydrogens (primary N) is 1. The van der Waals surface area contributed by atoms with Crippen molar-refractivity contribution in [1.29, 1.82) is 0 Å². The average Bonchev–Trinajstić information content (AvgIpc) is 3.22. The summed E-state index contributed by atoms with van der Waals surface area (Å²) in [6.07, 6.45) is 6.79. The van der Waals surface area contributed by atoms with Crippen LogP contribution in [0.1, 0.15) is 36.5 Å². The fourth-order valence-electron chi connectivity index (χ4n) is 3.74. The van der Waals surface area contributed by atoms with Gasteiger partial charge in [-0.2, -0.15) is 5.10 Å². The highest BCUT2D eigenvalue weighted by Gasteiger charge is 2.26. The maximum atomic E-state index is 13.2. The molecule has 134 valence electrons. The zero-order valence-electron chi connectivity index (χ0n) is 14.6. The lowest BCUT2D eigenvalue weighted by Crippen LogP contribution is -2.25. The van der Waals surface area contributed by atoms with Gasteiger partial charge in [-0.05, 0) is 42.5 Å². The number of hydrogen-bond acceptors (Lipinski definition) is 3. The zero-order chi connectivity index (χ0) is 18.3. The number of aromatic nitrogens is 2. The summed E-state index contributed by atoms with van der Waals surface area (Å²) in [5.74, 6) is -0.239. The van der Waals surface area contributed by atoms with Crippen molar-refractivity contribution in [3.8, 4) is 11.1 Å². The molecule has 1 aliphatic carbocycles. The van der Waals surface area contributed by atoms with Crippen LogP contribution in [0.15, 0.2) is 42.7 Å². The van der Waals surface area contributed by atoms with Crippen LogP contribution < -0.4 is 11.1 Å². The second-order valence-electron chi connectivity index (χ2n) is 7.02. The Morgan fingerprint density at radius 2 is 2.04 bits per heavy atom. The summed E-state index contributed by atoms with van der Waals surface area (Å²) in [5.41, 5.74) is 9.27. The van der Waals surface area contributed by atoms with Crippen molar-refractivity contribution in [1.82, 2.24) is 9.61 Å². The van der Waals surface area contributed by atoms with Gasteiger partial charge in [-0.1, -0.05) is 25.5 Å². The number of fused-ring (bicyclic) bond motifs is 1. The van der Waals surface area contributed by atoms with E-state index < -0.39 is 5.91 Å². The largest absolute Gasteiger partial charge is 0.380 e. The van der Waals surface area contributed by atoms with Crippen LogP contribution in [-0.4, -0.2) is 21.6 Å². The van der Waals surface area contributed by atoms with Crippen molar-refractivity contribution in [2.45, 2.75) is 32.2 Å². The lowest BCUT2D eigenvalue weighted by Gasteiger charge is -2.20. The van der Waals surface area contributed by atoms with E-state index in [4.69, 9.17) is 5.73 Å². The molecule has 0 spiro atoms. The Bertz CT molecular complexity index is 964. The minimum atomic E-state index is -0.502. The number of hydrogen-bond donors (Lipinski definition) is 2. The van der Waals surface area contributed by atoms with Crippen LogP contribution in [0.5, 0.6) is 0 Å². The number of anilines is 1. The summed E-state index contributed by atoms with van der Waals surface area (Å²) in [4.78, 5) is 11.9. The molecule has 0 saturated heterocycles. The van der Waals surface area contributed by atoms with E-state index in [0.29, 0.717) is 17.5 Å². The number of rotatable bonds is 4. The van der Waals surface area contributed by atoms with E-state index in [1.807, 2.05) is 12.3 Å². The van der Waals surface area contributed by atoms with E-state index >= 15 is 0 Å². The third-order valence-corrected chi connectivity index (χ3v) is 5.27. The van der Waals surface area contributed by atoms with Gasteiger partial charge in [-0.3, -0.25) is 4.79 Å². The quantitative estimate of drug-likeness (QED) is 0.749. The molecule has 5 nitrogen and oxygen atoms in total. The third-order valence-electron chi connectivity index (χ3n) is 5.27. The first kappa shape index (κ1) is 16.6. The van der Waals surface area contributed by atoms with E-state index in [1.165, 1.54) is 31.2 Å². The van der Waals surface area contributed by atoms with Crippen molar-refractivity contribution in [3.63, 3.8) is 0 Å². The van der Waals surface area contributed by atoms with Crippen molar-refractivity contribution in [3.05, 3.63) is 54.1 Å². The normalized spacial score (nSPS) is 19.8. The smallest absolute Gasteiger partial charge is 0.252 e. The molecule has 4 rings (SSSR count).